The summed E-state index contributed by atoms with van der Waals surface area (Å²) < 4.78 is 6.66. The lowest BCUT2D eigenvalue weighted by molar-refractivity contribution is -0.385. The number of rotatable bonds is 4. The van der Waals surface area contributed by atoms with Gasteiger partial charge in [-0.1, -0.05) is 11.6 Å². The van der Waals surface area contributed by atoms with E-state index in [4.69, 9.17) is 16.3 Å². The normalized spacial score (nSPS) is 10.3. The van der Waals surface area contributed by atoms with Crippen LogP contribution in [0, 0.1) is 10.1 Å². The molecule has 1 aromatic carbocycles. The second kappa shape index (κ2) is 5.05. The molecule has 94 valence electrons. The maximum Gasteiger partial charge on any atom is 0.307 e. The predicted octanol–water partition coefficient (Wildman–Crippen LogP) is 2.50. The molecule has 0 spiro atoms. The summed E-state index contributed by atoms with van der Waals surface area (Å²) in [5.41, 5.74) is 0.763. The Hall–Kier alpha value is -2.08. The number of halogens is 1. The summed E-state index contributed by atoms with van der Waals surface area (Å²) in [5.74, 6) is 0.664. The maximum absolute atomic E-state index is 10.6. The van der Waals surface area contributed by atoms with Crippen LogP contribution in [0.15, 0.2) is 30.6 Å². The molecule has 0 saturated heterocycles. The van der Waals surface area contributed by atoms with Crippen LogP contribution in [0.5, 0.6) is 5.75 Å². The molecule has 0 aliphatic heterocycles. The van der Waals surface area contributed by atoms with Crippen LogP contribution >= 0.6 is 11.6 Å². The fraction of sp³-hybridized carbons (Fsp3) is 0.182. The summed E-state index contributed by atoms with van der Waals surface area (Å²) in [4.78, 5) is 10.1. The summed E-state index contributed by atoms with van der Waals surface area (Å²) in [7, 11) is 1.55. The molecule has 2 rings (SSSR count). The Morgan fingerprint density at radius 2 is 2.33 bits per heavy atom. The van der Waals surface area contributed by atoms with Crippen molar-refractivity contribution in [3.8, 4) is 5.75 Å². The topological polar surface area (TPSA) is 70.2 Å². The summed E-state index contributed by atoms with van der Waals surface area (Å²) in [6.45, 7) is 0.359. The molecule has 0 aliphatic carbocycles. The van der Waals surface area contributed by atoms with Gasteiger partial charge in [0, 0.05) is 10.6 Å². The Morgan fingerprint density at radius 3 is 2.94 bits per heavy atom. The van der Waals surface area contributed by atoms with Gasteiger partial charge < -0.3 is 4.74 Å². The van der Waals surface area contributed by atoms with Crippen molar-refractivity contribution in [3.63, 3.8) is 0 Å². The van der Waals surface area contributed by atoms with Gasteiger partial charge in [-0.2, -0.15) is 5.10 Å². The second-order valence-electron chi connectivity index (χ2n) is 3.61. The monoisotopic (exact) mass is 267 g/mol. The minimum atomic E-state index is -0.487. The van der Waals surface area contributed by atoms with Crippen molar-refractivity contribution in [2.75, 3.05) is 7.11 Å². The molecule has 0 saturated carbocycles. The van der Waals surface area contributed by atoms with Crippen LogP contribution < -0.4 is 4.74 Å². The van der Waals surface area contributed by atoms with Gasteiger partial charge in [-0.25, -0.2) is 0 Å². The Balaban J connectivity index is 2.27. The highest BCUT2D eigenvalue weighted by Crippen LogP contribution is 2.23. The van der Waals surface area contributed by atoms with E-state index in [1.165, 1.54) is 17.1 Å². The van der Waals surface area contributed by atoms with Gasteiger partial charge in [0.2, 0.25) is 0 Å². The molecule has 0 radical (unpaired) electrons. The molecular formula is C11H10ClN3O3. The average Bonchev–Trinajstić information content (AvgIpc) is 2.78. The first-order valence-electron chi connectivity index (χ1n) is 5.09. The van der Waals surface area contributed by atoms with Gasteiger partial charge in [0.05, 0.1) is 18.6 Å². The Bertz CT molecular complexity index is 583. The highest BCUT2D eigenvalue weighted by atomic mass is 35.5. The summed E-state index contributed by atoms with van der Waals surface area (Å²) in [6, 6.07) is 5.21. The molecule has 6 nitrogen and oxygen atoms in total. The van der Waals surface area contributed by atoms with Crippen LogP contribution in [-0.2, 0) is 6.54 Å². The summed E-state index contributed by atoms with van der Waals surface area (Å²) in [5, 5.41) is 15.0. The Labute approximate surface area is 108 Å². The zero-order chi connectivity index (χ0) is 13.1. The third-order valence-electron chi connectivity index (χ3n) is 2.41. The highest BCUT2D eigenvalue weighted by molar-refractivity contribution is 6.30. The molecule has 0 bridgehead atoms. The Kier molecular flexibility index (Phi) is 3.47. The molecule has 2 aromatic rings. The lowest BCUT2D eigenvalue weighted by atomic mass is 10.2. The van der Waals surface area contributed by atoms with E-state index >= 15 is 0 Å². The fourth-order valence-corrected chi connectivity index (χ4v) is 1.77. The number of hydrogen-bond donors (Lipinski definition) is 0. The van der Waals surface area contributed by atoms with Gasteiger partial charge >= 0.3 is 5.69 Å². The minimum Gasteiger partial charge on any atom is -0.496 e. The van der Waals surface area contributed by atoms with Crippen LogP contribution in [0.3, 0.4) is 0 Å². The molecule has 0 N–H and O–H groups in total. The molecular weight excluding hydrogens is 258 g/mol. The molecule has 0 atom stereocenters. The molecule has 1 aromatic heterocycles. The van der Waals surface area contributed by atoms with Gasteiger partial charge in [-0.05, 0) is 18.2 Å². The van der Waals surface area contributed by atoms with Crippen LogP contribution in [-0.4, -0.2) is 21.8 Å². The van der Waals surface area contributed by atoms with E-state index < -0.39 is 4.92 Å². The smallest absolute Gasteiger partial charge is 0.307 e. The van der Waals surface area contributed by atoms with E-state index in [9.17, 15) is 10.1 Å². The van der Waals surface area contributed by atoms with Gasteiger partial charge in [-0.15, -0.1) is 0 Å². The third-order valence-corrected chi connectivity index (χ3v) is 2.64. The van der Waals surface area contributed by atoms with Crippen molar-refractivity contribution in [2.24, 2.45) is 0 Å². The molecule has 0 fully saturated rings. The lowest BCUT2D eigenvalue weighted by Crippen LogP contribution is -2.02. The Morgan fingerprint density at radius 1 is 1.56 bits per heavy atom. The SMILES string of the molecule is COc1ccc(Cl)cc1Cn1cc([N+](=O)[O-])cn1. The van der Waals surface area contributed by atoms with E-state index in [2.05, 4.69) is 5.10 Å². The first-order valence-corrected chi connectivity index (χ1v) is 5.47. The fourth-order valence-electron chi connectivity index (χ4n) is 1.58. The number of benzene rings is 1. The van der Waals surface area contributed by atoms with Crippen molar-refractivity contribution in [1.82, 2.24) is 9.78 Å². The van der Waals surface area contributed by atoms with E-state index in [1.54, 1.807) is 25.3 Å². The standard InChI is InChI=1S/C11H10ClN3O3/c1-18-11-3-2-9(12)4-8(11)6-14-7-10(5-13-14)15(16)17/h2-5,7H,6H2,1H3. The third kappa shape index (κ3) is 2.60. The van der Waals surface area contributed by atoms with Gasteiger partial charge in [0.25, 0.3) is 0 Å². The van der Waals surface area contributed by atoms with Crippen LogP contribution in [0.1, 0.15) is 5.56 Å². The van der Waals surface area contributed by atoms with E-state index in [0.717, 1.165) is 5.56 Å². The average molecular weight is 268 g/mol. The van der Waals surface area contributed by atoms with Crippen molar-refractivity contribution in [2.45, 2.75) is 6.54 Å². The van der Waals surface area contributed by atoms with E-state index in [0.29, 0.717) is 17.3 Å². The van der Waals surface area contributed by atoms with Crippen molar-refractivity contribution < 1.29 is 9.66 Å². The van der Waals surface area contributed by atoms with Crippen molar-refractivity contribution >= 4 is 17.3 Å². The first-order chi connectivity index (χ1) is 8.60. The largest absolute Gasteiger partial charge is 0.496 e. The molecule has 18 heavy (non-hydrogen) atoms. The molecule has 0 aliphatic rings. The first kappa shape index (κ1) is 12.4. The van der Waals surface area contributed by atoms with E-state index in [-0.39, 0.29) is 5.69 Å². The van der Waals surface area contributed by atoms with Gasteiger partial charge in [0.15, 0.2) is 0 Å². The second-order valence-corrected chi connectivity index (χ2v) is 4.05. The van der Waals surface area contributed by atoms with Crippen LogP contribution in [0.25, 0.3) is 0 Å². The number of aromatic nitrogens is 2. The minimum absolute atomic E-state index is 0.0454. The van der Waals surface area contributed by atoms with Gasteiger partial charge in [-0.3, -0.25) is 14.8 Å². The molecule has 0 unspecified atom stereocenters. The van der Waals surface area contributed by atoms with Crippen molar-refractivity contribution in [3.05, 3.63) is 51.3 Å². The number of nitrogens with zero attached hydrogens (tertiary/aromatic N) is 3. The predicted molar refractivity (Wildman–Crippen MR) is 66.0 cm³/mol. The zero-order valence-corrected chi connectivity index (χ0v) is 10.3. The van der Waals surface area contributed by atoms with Gasteiger partial charge in [0.1, 0.15) is 18.1 Å². The molecule has 7 heteroatoms. The maximum atomic E-state index is 10.6. The van der Waals surface area contributed by atoms with Crippen LogP contribution in [0.4, 0.5) is 5.69 Å². The molecule has 0 amide bonds. The number of nitro groups is 1. The molecule has 1 heterocycles. The number of methoxy groups -OCH3 is 1. The lowest BCUT2D eigenvalue weighted by Gasteiger charge is -2.08. The van der Waals surface area contributed by atoms with Crippen molar-refractivity contribution in [1.29, 1.82) is 0 Å². The number of ether oxygens (including phenoxy) is 1. The zero-order valence-electron chi connectivity index (χ0n) is 9.54. The highest BCUT2D eigenvalue weighted by Gasteiger charge is 2.11. The quantitative estimate of drug-likeness (QED) is 0.630. The summed E-state index contributed by atoms with van der Waals surface area (Å²) in [6.07, 6.45) is 2.57. The van der Waals surface area contributed by atoms with E-state index in [1.807, 2.05) is 0 Å². The summed E-state index contributed by atoms with van der Waals surface area (Å²) >= 11 is 5.90. The number of hydrogen-bond acceptors (Lipinski definition) is 4. The van der Waals surface area contributed by atoms with Crippen LogP contribution in [0.2, 0.25) is 5.02 Å².